The average Bonchev–Trinajstić information content (AvgIpc) is 3.53. The molecule has 1 aliphatic rings. The molecule has 0 radical (unpaired) electrons. The fourth-order valence-electron chi connectivity index (χ4n) is 4.56. The Morgan fingerprint density at radius 1 is 1.15 bits per heavy atom. The van der Waals surface area contributed by atoms with Crippen molar-refractivity contribution in [1.82, 2.24) is 25.4 Å². The fourth-order valence-corrected chi connectivity index (χ4v) is 5.75. The number of nitrogens with zero attached hydrogens (tertiary/aromatic N) is 3. The van der Waals surface area contributed by atoms with Crippen molar-refractivity contribution in [2.45, 2.75) is 17.4 Å². The van der Waals surface area contributed by atoms with Gasteiger partial charge in [-0.25, -0.2) is 31.0 Å². The van der Waals surface area contributed by atoms with Gasteiger partial charge in [-0.2, -0.15) is 5.10 Å². The number of carbonyl (C=O) groups is 1. The third-order valence-electron chi connectivity index (χ3n) is 6.49. The highest BCUT2D eigenvalue weighted by molar-refractivity contribution is 7.92. The first-order valence-corrected chi connectivity index (χ1v) is 13.3. The zero-order valence-electron chi connectivity index (χ0n) is 21.1. The molecule has 2 aromatic heterocycles. The number of anilines is 1. The summed E-state index contributed by atoms with van der Waals surface area (Å²) in [5, 5.41) is 9.26. The summed E-state index contributed by atoms with van der Waals surface area (Å²) >= 11 is 0. The molecule has 5 rings (SSSR count). The number of aromatic amines is 1. The van der Waals surface area contributed by atoms with E-state index in [-0.39, 0.29) is 22.6 Å². The minimum atomic E-state index is -4.68. The molecule has 0 aliphatic carbocycles. The van der Waals surface area contributed by atoms with Crippen LogP contribution in [-0.4, -0.2) is 67.7 Å². The second kappa shape index (κ2) is 10.4. The van der Waals surface area contributed by atoms with E-state index in [1.807, 2.05) is 16.7 Å². The van der Waals surface area contributed by atoms with Crippen LogP contribution in [0.2, 0.25) is 0 Å². The van der Waals surface area contributed by atoms with Crippen LogP contribution >= 0.6 is 0 Å². The van der Waals surface area contributed by atoms with Gasteiger partial charge in [0, 0.05) is 29.6 Å². The molecule has 1 aliphatic heterocycles. The number of halogens is 4. The molecule has 210 valence electrons. The summed E-state index contributed by atoms with van der Waals surface area (Å²) < 4.78 is 92.2. The smallest absolute Gasteiger partial charge is 0.270 e. The normalized spacial score (nSPS) is 15.9. The van der Waals surface area contributed by atoms with Crippen molar-refractivity contribution >= 4 is 32.5 Å². The minimum Gasteiger partial charge on any atom is -0.480 e. The number of rotatable bonds is 7. The van der Waals surface area contributed by atoms with Gasteiger partial charge in [-0.1, -0.05) is 6.07 Å². The van der Waals surface area contributed by atoms with Crippen LogP contribution in [0.1, 0.15) is 16.9 Å². The third kappa shape index (κ3) is 4.93. The summed E-state index contributed by atoms with van der Waals surface area (Å²) in [4.78, 5) is 17.6. The molecule has 1 saturated heterocycles. The Morgan fingerprint density at radius 3 is 2.62 bits per heavy atom. The number of hydrogen-bond acceptors (Lipinski definition) is 7. The third-order valence-corrected chi connectivity index (χ3v) is 7.85. The summed E-state index contributed by atoms with van der Waals surface area (Å²) in [6.07, 6.45) is 1.47. The van der Waals surface area contributed by atoms with E-state index in [1.54, 1.807) is 0 Å². The average molecular weight is 579 g/mol. The van der Waals surface area contributed by atoms with Crippen molar-refractivity contribution in [3.05, 3.63) is 65.5 Å². The Kier molecular flexibility index (Phi) is 7.10. The van der Waals surface area contributed by atoms with Gasteiger partial charge in [0.15, 0.2) is 16.5 Å². The molecule has 1 atom stereocenters. The first-order valence-electron chi connectivity index (χ1n) is 11.9. The van der Waals surface area contributed by atoms with Gasteiger partial charge in [-0.15, -0.1) is 0 Å². The van der Waals surface area contributed by atoms with Crippen molar-refractivity contribution in [1.29, 1.82) is 0 Å². The van der Waals surface area contributed by atoms with E-state index in [9.17, 15) is 22.0 Å². The van der Waals surface area contributed by atoms with Crippen LogP contribution in [0.25, 0.3) is 22.0 Å². The lowest BCUT2D eigenvalue weighted by Gasteiger charge is -2.14. The number of H-pyrrole nitrogens is 1. The quantitative estimate of drug-likeness (QED) is 0.287. The number of benzene rings is 2. The lowest BCUT2D eigenvalue weighted by molar-refractivity contribution is 0.0935. The Hall–Kier alpha value is -4.24. The van der Waals surface area contributed by atoms with Gasteiger partial charge in [-0.05, 0) is 38.2 Å². The Balaban J connectivity index is 1.50. The summed E-state index contributed by atoms with van der Waals surface area (Å²) in [7, 11) is -1.65. The van der Waals surface area contributed by atoms with Gasteiger partial charge in [0.05, 0.1) is 24.6 Å². The van der Waals surface area contributed by atoms with Crippen molar-refractivity contribution in [3.63, 3.8) is 0 Å². The summed E-state index contributed by atoms with van der Waals surface area (Å²) in [5.41, 5.74) is -2.55. The number of likely N-dealkylation sites (tertiary alicyclic amines) is 1. The first-order chi connectivity index (χ1) is 19.0. The van der Waals surface area contributed by atoms with E-state index in [0.717, 1.165) is 44.5 Å². The number of likely N-dealkylation sites (N-methyl/N-ethyl adjacent to an activating group) is 1. The maximum absolute atomic E-state index is 15.6. The molecule has 3 heterocycles. The standard InChI is InChI=1S/C25H22F4N6O4S/c1-35-8-7-13(11-35)31-24(36)23-15-4-3-14(20(28)22(15)32-33-23)19-16(27)5-6-17(21(19)29)34-40(37,38)18-9-12(26)10-30-25(18)39-2/h3-6,9-10,13,34H,7-8,11H2,1-2H3,(H,31,36)(H,32,33)/t13-/m0/s1. The van der Waals surface area contributed by atoms with Gasteiger partial charge < -0.3 is 15.0 Å². The monoisotopic (exact) mass is 578 g/mol. The van der Waals surface area contributed by atoms with Crippen molar-refractivity contribution in [3.8, 4) is 17.0 Å². The van der Waals surface area contributed by atoms with Crippen LogP contribution in [-0.2, 0) is 10.0 Å². The van der Waals surface area contributed by atoms with Gasteiger partial charge in [0.25, 0.3) is 15.9 Å². The molecule has 15 heteroatoms. The molecule has 0 spiro atoms. The number of sulfonamides is 1. The molecule has 0 bridgehead atoms. The maximum atomic E-state index is 15.6. The highest BCUT2D eigenvalue weighted by Gasteiger charge is 2.28. The van der Waals surface area contributed by atoms with Gasteiger partial charge in [0.2, 0.25) is 5.88 Å². The Labute approximate surface area is 225 Å². The SMILES string of the molecule is COc1ncc(F)cc1S(=O)(=O)Nc1ccc(F)c(-c2ccc3c(C(=O)N[C@H]4CCN(C)C4)[nH]nc3c2F)c1F. The van der Waals surface area contributed by atoms with E-state index < -0.39 is 66.8 Å². The summed E-state index contributed by atoms with van der Waals surface area (Å²) in [6.45, 7) is 1.46. The van der Waals surface area contributed by atoms with Crippen molar-refractivity contribution in [2.75, 3.05) is 32.0 Å². The zero-order chi connectivity index (χ0) is 28.8. The topological polar surface area (TPSA) is 129 Å². The second-order valence-electron chi connectivity index (χ2n) is 9.19. The van der Waals surface area contributed by atoms with E-state index in [1.165, 1.54) is 6.07 Å². The van der Waals surface area contributed by atoms with E-state index in [0.29, 0.717) is 12.6 Å². The maximum Gasteiger partial charge on any atom is 0.270 e. The number of carbonyl (C=O) groups excluding carboxylic acids is 1. The molecule has 10 nitrogen and oxygen atoms in total. The number of fused-ring (bicyclic) bond motifs is 1. The first kappa shape index (κ1) is 27.3. The predicted octanol–water partition coefficient (Wildman–Crippen LogP) is 3.42. The van der Waals surface area contributed by atoms with E-state index in [4.69, 9.17) is 4.74 Å². The fraction of sp³-hybridized carbons (Fsp3) is 0.240. The summed E-state index contributed by atoms with van der Waals surface area (Å²) in [5.74, 6) is -5.74. The number of hydrogen-bond donors (Lipinski definition) is 3. The lowest BCUT2D eigenvalue weighted by Crippen LogP contribution is -2.36. The number of ether oxygens (including phenoxy) is 1. The molecule has 3 N–H and O–H groups in total. The molecule has 2 aromatic carbocycles. The van der Waals surface area contributed by atoms with Crippen molar-refractivity contribution < 1.29 is 35.5 Å². The van der Waals surface area contributed by atoms with Gasteiger partial charge in [0.1, 0.15) is 22.8 Å². The van der Waals surface area contributed by atoms with E-state index in [2.05, 4.69) is 20.5 Å². The molecule has 0 unspecified atom stereocenters. The number of aromatic nitrogens is 3. The minimum absolute atomic E-state index is 0.0184. The van der Waals surface area contributed by atoms with Crippen LogP contribution in [0.3, 0.4) is 0 Å². The number of methoxy groups -OCH3 is 1. The largest absolute Gasteiger partial charge is 0.480 e. The molecule has 1 fully saturated rings. The van der Waals surface area contributed by atoms with Crippen LogP contribution < -0.4 is 14.8 Å². The van der Waals surface area contributed by atoms with Gasteiger partial charge in [-0.3, -0.25) is 14.6 Å². The number of pyridine rings is 1. The Bertz CT molecular complexity index is 1750. The molecule has 40 heavy (non-hydrogen) atoms. The highest BCUT2D eigenvalue weighted by atomic mass is 32.2. The molecular formula is C25H22F4N6O4S. The lowest BCUT2D eigenvalue weighted by atomic mass is 10.0. The number of nitrogens with one attached hydrogen (secondary N) is 3. The number of amides is 1. The van der Waals surface area contributed by atoms with Crippen LogP contribution in [0.5, 0.6) is 5.88 Å². The van der Waals surface area contributed by atoms with Crippen LogP contribution in [0.4, 0.5) is 23.2 Å². The van der Waals surface area contributed by atoms with E-state index >= 15 is 8.78 Å². The van der Waals surface area contributed by atoms with Gasteiger partial charge >= 0.3 is 0 Å². The molecule has 4 aromatic rings. The molecule has 0 saturated carbocycles. The van der Waals surface area contributed by atoms with Crippen LogP contribution in [0.15, 0.2) is 41.4 Å². The molecule has 1 amide bonds. The summed E-state index contributed by atoms with van der Waals surface area (Å²) in [6, 6.07) is 4.39. The predicted molar refractivity (Wildman–Crippen MR) is 136 cm³/mol. The zero-order valence-corrected chi connectivity index (χ0v) is 21.9. The van der Waals surface area contributed by atoms with Crippen LogP contribution in [0, 0.1) is 23.3 Å². The Morgan fingerprint density at radius 2 is 1.93 bits per heavy atom. The molecular weight excluding hydrogens is 556 g/mol. The van der Waals surface area contributed by atoms with Crippen molar-refractivity contribution in [2.24, 2.45) is 0 Å². The second-order valence-corrected chi connectivity index (χ2v) is 10.8. The highest BCUT2D eigenvalue weighted by Crippen LogP contribution is 2.36.